The van der Waals surface area contributed by atoms with Crippen molar-refractivity contribution >= 4 is 55.7 Å². The van der Waals surface area contributed by atoms with E-state index in [0.717, 1.165) is 46.8 Å². The quantitative estimate of drug-likeness (QED) is 0.350. The van der Waals surface area contributed by atoms with Crippen molar-refractivity contribution in [2.45, 2.75) is 26.3 Å². The molecule has 5 nitrogen and oxygen atoms in total. The second kappa shape index (κ2) is 9.29. The van der Waals surface area contributed by atoms with Crippen LogP contribution in [0.1, 0.15) is 35.0 Å². The molecule has 1 amide bonds. The molecule has 7 heteroatoms. The summed E-state index contributed by atoms with van der Waals surface area (Å²) in [6.07, 6.45) is 2.54. The zero-order valence-electron chi connectivity index (χ0n) is 18.7. The second-order valence-electron chi connectivity index (χ2n) is 8.76. The zero-order chi connectivity index (χ0) is 22.9. The topological polar surface area (TPSA) is 54.5 Å². The van der Waals surface area contributed by atoms with E-state index in [2.05, 4.69) is 34.3 Å². The molecule has 0 saturated carbocycles. The minimum Gasteiger partial charge on any atom is -0.495 e. The molecule has 0 bridgehead atoms. The summed E-state index contributed by atoms with van der Waals surface area (Å²) < 4.78 is 5.29. The highest BCUT2D eigenvalue weighted by atomic mass is 35.5. The molecule has 33 heavy (non-hydrogen) atoms. The number of nitrogens with one attached hydrogen (secondary N) is 1. The van der Waals surface area contributed by atoms with E-state index >= 15 is 0 Å². The van der Waals surface area contributed by atoms with Crippen molar-refractivity contribution in [3.8, 4) is 5.75 Å². The molecule has 5 rings (SSSR count). The summed E-state index contributed by atoms with van der Waals surface area (Å²) in [5, 5.41) is 5.33. The average Bonchev–Trinajstić information content (AvgIpc) is 3.24. The number of halogens is 1. The Morgan fingerprint density at radius 3 is 2.64 bits per heavy atom. The lowest BCUT2D eigenvalue weighted by atomic mass is 9.99. The van der Waals surface area contributed by atoms with Gasteiger partial charge in [0.2, 0.25) is 0 Å². The summed E-state index contributed by atoms with van der Waals surface area (Å²) >= 11 is 7.79. The number of thiophene rings is 1. The van der Waals surface area contributed by atoms with E-state index in [1.807, 2.05) is 36.4 Å². The highest BCUT2D eigenvalue weighted by molar-refractivity contribution is 7.20. The van der Waals surface area contributed by atoms with Gasteiger partial charge in [-0.2, -0.15) is 0 Å². The van der Waals surface area contributed by atoms with Gasteiger partial charge in [0.25, 0.3) is 5.91 Å². The predicted octanol–water partition coefficient (Wildman–Crippen LogP) is 6.60. The van der Waals surface area contributed by atoms with Gasteiger partial charge in [-0.1, -0.05) is 30.7 Å². The van der Waals surface area contributed by atoms with Crippen molar-refractivity contribution in [3.05, 3.63) is 64.0 Å². The van der Waals surface area contributed by atoms with Gasteiger partial charge in [-0.15, -0.1) is 11.3 Å². The largest absolute Gasteiger partial charge is 0.495 e. The van der Waals surface area contributed by atoms with Gasteiger partial charge in [-0.3, -0.25) is 9.69 Å². The third-order valence-electron chi connectivity index (χ3n) is 6.31. The molecule has 1 aliphatic rings. The van der Waals surface area contributed by atoms with Crippen molar-refractivity contribution in [2.24, 2.45) is 5.92 Å². The number of aromatic nitrogens is 1. The molecule has 0 aliphatic carbocycles. The van der Waals surface area contributed by atoms with Gasteiger partial charge in [0.15, 0.2) is 0 Å². The van der Waals surface area contributed by atoms with Crippen LogP contribution in [0.2, 0.25) is 5.02 Å². The number of hydrogen-bond acceptors (Lipinski definition) is 5. The summed E-state index contributed by atoms with van der Waals surface area (Å²) in [5.41, 5.74) is 2.74. The zero-order valence-corrected chi connectivity index (χ0v) is 20.3. The number of piperidine rings is 1. The van der Waals surface area contributed by atoms with E-state index in [9.17, 15) is 4.79 Å². The number of carbonyl (C=O) groups excluding carboxylic acids is 1. The van der Waals surface area contributed by atoms with Crippen molar-refractivity contribution in [1.29, 1.82) is 0 Å². The molecule has 2 aromatic carbocycles. The fourth-order valence-electron chi connectivity index (χ4n) is 4.28. The lowest BCUT2D eigenvalue weighted by Gasteiger charge is -2.30. The Hall–Kier alpha value is -2.67. The Bertz CT molecular complexity index is 1310. The molecule has 4 aromatic rings. The molecule has 1 saturated heterocycles. The number of nitrogens with zero attached hydrogens (tertiary/aromatic N) is 2. The van der Waals surface area contributed by atoms with Crippen molar-refractivity contribution in [2.75, 3.05) is 25.5 Å². The Kier molecular flexibility index (Phi) is 6.23. The minimum atomic E-state index is -0.136. The first-order valence-corrected chi connectivity index (χ1v) is 12.4. The number of amides is 1. The lowest BCUT2D eigenvalue weighted by Crippen LogP contribution is -2.32. The van der Waals surface area contributed by atoms with Crippen LogP contribution in [0.25, 0.3) is 21.1 Å². The number of benzene rings is 2. The van der Waals surface area contributed by atoms with Crippen LogP contribution in [-0.2, 0) is 6.54 Å². The molecule has 0 unspecified atom stereocenters. The van der Waals surface area contributed by atoms with Crippen molar-refractivity contribution < 1.29 is 9.53 Å². The molecule has 170 valence electrons. The number of hydrogen-bond donors (Lipinski definition) is 1. The van der Waals surface area contributed by atoms with Crippen LogP contribution in [0.5, 0.6) is 5.75 Å². The van der Waals surface area contributed by atoms with Crippen LogP contribution in [0.15, 0.2) is 48.5 Å². The monoisotopic (exact) mass is 479 g/mol. The number of pyridine rings is 1. The fourth-order valence-corrected chi connectivity index (χ4v) is 5.48. The first-order valence-electron chi connectivity index (χ1n) is 11.2. The molecule has 3 heterocycles. The Morgan fingerprint density at radius 2 is 1.91 bits per heavy atom. The number of likely N-dealkylation sites (tertiary alicyclic amines) is 1. The SMILES string of the molecule is COc1ccc2cc3cc(C(=O)Nc4ccc(CN5CCC(C)CC5)cc4)sc3nc2c1Cl. The first kappa shape index (κ1) is 22.1. The van der Waals surface area contributed by atoms with Crippen LogP contribution >= 0.6 is 22.9 Å². The molecule has 0 radical (unpaired) electrons. The number of methoxy groups -OCH3 is 1. The maximum absolute atomic E-state index is 12.9. The van der Waals surface area contributed by atoms with Gasteiger partial charge in [-0.05, 0) is 73.8 Å². The summed E-state index contributed by atoms with van der Waals surface area (Å²) in [4.78, 5) is 21.5. The van der Waals surface area contributed by atoms with Gasteiger partial charge in [0, 0.05) is 23.0 Å². The van der Waals surface area contributed by atoms with Gasteiger partial charge in [-0.25, -0.2) is 4.98 Å². The minimum absolute atomic E-state index is 0.136. The first-order chi connectivity index (χ1) is 16.0. The summed E-state index contributed by atoms with van der Waals surface area (Å²) in [7, 11) is 1.58. The fraction of sp³-hybridized carbons (Fsp3) is 0.308. The Labute approximate surface area is 202 Å². The van der Waals surface area contributed by atoms with E-state index in [1.165, 1.54) is 29.7 Å². The van der Waals surface area contributed by atoms with Gasteiger partial charge in [0.1, 0.15) is 15.6 Å². The second-order valence-corrected chi connectivity index (χ2v) is 10.2. The van der Waals surface area contributed by atoms with Gasteiger partial charge in [0.05, 0.1) is 17.5 Å². The molecule has 1 aliphatic heterocycles. The maximum atomic E-state index is 12.9. The lowest BCUT2D eigenvalue weighted by molar-refractivity contribution is 0.103. The number of fused-ring (bicyclic) bond motifs is 2. The number of carbonyl (C=O) groups is 1. The van der Waals surface area contributed by atoms with Crippen LogP contribution < -0.4 is 10.1 Å². The van der Waals surface area contributed by atoms with Crippen LogP contribution in [0.4, 0.5) is 5.69 Å². The van der Waals surface area contributed by atoms with E-state index in [-0.39, 0.29) is 5.91 Å². The number of ether oxygens (including phenoxy) is 1. The Morgan fingerprint density at radius 1 is 1.15 bits per heavy atom. The molecular weight excluding hydrogens is 454 g/mol. The van der Waals surface area contributed by atoms with Crippen LogP contribution in [-0.4, -0.2) is 36.0 Å². The molecule has 1 fully saturated rings. The van der Waals surface area contributed by atoms with Gasteiger partial charge < -0.3 is 10.1 Å². The van der Waals surface area contributed by atoms with E-state index in [1.54, 1.807) is 7.11 Å². The van der Waals surface area contributed by atoms with Crippen LogP contribution in [0, 0.1) is 5.92 Å². The standard InChI is InChI=1S/C26H26ClN3O2S/c1-16-9-11-30(12-10-16)15-17-3-6-20(7-4-17)28-25(31)22-14-19-13-18-5-8-21(32-2)23(27)24(18)29-26(19)33-22/h3-8,13-14,16H,9-12,15H2,1-2H3,(H,28,31). The summed E-state index contributed by atoms with van der Waals surface area (Å²) in [5.74, 6) is 1.29. The third kappa shape index (κ3) is 4.69. The Balaban J connectivity index is 1.30. The van der Waals surface area contributed by atoms with Crippen molar-refractivity contribution in [3.63, 3.8) is 0 Å². The molecule has 0 spiro atoms. The summed E-state index contributed by atoms with van der Waals surface area (Å²) in [6.45, 7) is 5.61. The number of anilines is 1. The number of rotatable bonds is 5. The molecule has 0 atom stereocenters. The maximum Gasteiger partial charge on any atom is 0.265 e. The molecule has 1 N–H and O–H groups in total. The van der Waals surface area contributed by atoms with E-state index in [4.69, 9.17) is 16.3 Å². The highest BCUT2D eigenvalue weighted by Crippen LogP contribution is 2.35. The molecular formula is C26H26ClN3O2S. The van der Waals surface area contributed by atoms with Crippen LogP contribution in [0.3, 0.4) is 0 Å². The van der Waals surface area contributed by atoms with Crippen molar-refractivity contribution in [1.82, 2.24) is 9.88 Å². The summed E-state index contributed by atoms with van der Waals surface area (Å²) in [6, 6.07) is 15.8. The van der Waals surface area contributed by atoms with E-state index in [0.29, 0.717) is 21.2 Å². The normalized spacial score (nSPS) is 15.2. The molecule has 2 aromatic heterocycles. The van der Waals surface area contributed by atoms with Gasteiger partial charge >= 0.3 is 0 Å². The average molecular weight is 480 g/mol. The smallest absolute Gasteiger partial charge is 0.265 e. The predicted molar refractivity (Wildman–Crippen MR) is 137 cm³/mol. The highest BCUT2D eigenvalue weighted by Gasteiger charge is 2.17. The third-order valence-corrected chi connectivity index (χ3v) is 7.72. The van der Waals surface area contributed by atoms with E-state index < -0.39 is 0 Å².